The molecule has 1 amide bonds. The Labute approximate surface area is 234 Å². The molecule has 7 nitrogen and oxygen atoms in total. The van der Waals surface area contributed by atoms with Gasteiger partial charge in [0.15, 0.2) is 5.69 Å². The number of anilines is 1. The Morgan fingerprint density at radius 1 is 1.00 bits per heavy atom. The third kappa shape index (κ3) is 4.66. The fourth-order valence-electron chi connectivity index (χ4n) is 4.77. The summed E-state index contributed by atoms with van der Waals surface area (Å²) in [5.74, 6) is 1.25. The van der Waals surface area contributed by atoms with Crippen molar-refractivity contribution in [2.45, 2.75) is 24.1 Å². The smallest absolute Gasteiger partial charge is 0.247 e. The first-order valence-electron chi connectivity index (χ1n) is 12.3. The highest BCUT2D eigenvalue weighted by atomic mass is 35.5. The lowest BCUT2D eigenvalue weighted by atomic mass is 10.0. The zero-order valence-corrected chi connectivity index (χ0v) is 22.7. The Hall–Kier alpha value is -4.14. The van der Waals surface area contributed by atoms with Gasteiger partial charge in [0.05, 0.1) is 18.4 Å². The van der Waals surface area contributed by atoms with Crippen molar-refractivity contribution in [2.75, 3.05) is 12.0 Å². The van der Waals surface area contributed by atoms with E-state index in [1.54, 1.807) is 12.0 Å². The molecule has 2 heterocycles. The number of amides is 1. The highest BCUT2D eigenvalue weighted by Gasteiger charge is 2.37. The van der Waals surface area contributed by atoms with Crippen LogP contribution < -0.4 is 14.4 Å². The first kappa shape index (κ1) is 25.2. The first-order chi connectivity index (χ1) is 19.0. The van der Waals surface area contributed by atoms with E-state index in [9.17, 15) is 4.79 Å². The first-order valence-corrected chi connectivity index (χ1v) is 13.6. The highest BCUT2D eigenvalue weighted by Crippen LogP contribution is 2.46. The van der Waals surface area contributed by atoms with Gasteiger partial charge >= 0.3 is 0 Å². The maximum atomic E-state index is 13.3. The molecule has 6 rings (SSSR count). The summed E-state index contributed by atoms with van der Waals surface area (Å²) in [6.45, 7) is 1.52. The second-order valence-corrected chi connectivity index (χ2v) is 10.3. The molecule has 9 heteroatoms. The predicted molar refractivity (Wildman–Crippen MR) is 153 cm³/mol. The predicted octanol–water partition coefficient (Wildman–Crippen LogP) is 7.09. The molecule has 1 aromatic heterocycles. The van der Waals surface area contributed by atoms with Gasteiger partial charge in [0.2, 0.25) is 23.2 Å². The van der Waals surface area contributed by atoms with Crippen molar-refractivity contribution < 1.29 is 14.3 Å². The topological polar surface area (TPSA) is 77.4 Å². The number of carbonyl (C=O) groups excluding carboxylic acids is 1. The molecule has 0 aliphatic carbocycles. The normalized spacial score (nSPS) is 14.2. The van der Waals surface area contributed by atoms with E-state index < -0.39 is 6.23 Å². The molecule has 39 heavy (non-hydrogen) atoms. The van der Waals surface area contributed by atoms with Gasteiger partial charge in [-0.05, 0) is 34.5 Å². The molecule has 0 saturated heterocycles. The van der Waals surface area contributed by atoms with E-state index in [1.807, 2.05) is 84.9 Å². The van der Waals surface area contributed by atoms with Crippen molar-refractivity contribution in [1.82, 2.24) is 15.2 Å². The van der Waals surface area contributed by atoms with Crippen molar-refractivity contribution in [3.8, 4) is 22.9 Å². The minimum atomic E-state index is -0.871. The van der Waals surface area contributed by atoms with Crippen LogP contribution in [0.2, 0.25) is 5.02 Å². The summed E-state index contributed by atoms with van der Waals surface area (Å²) in [5.41, 5.74) is 3.50. The van der Waals surface area contributed by atoms with Crippen LogP contribution in [0.15, 0.2) is 90.1 Å². The molecule has 0 radical (unpaired) electrons. The van der Waals surface area contributed by atoms with Crippen LogP contribution in [0.25, 0.3) is 22.0 Å². The van der Waals surface area contributed by atoms with E-state index in [1.165, 1.54) is 18.7 Å². The lowest BCUT2D eigenvalue weighted by Crippen LogP contribution is -2.36. The highest BCUT2D eigenvalue weighted by molar-refractivity contribution is 7.98. The molecule has 0 unspecified atom stereocenters. The number of rotatable bonds is 5. The van der Waals surface area contributed by atoms with E-state index in [0.717, 1.165) is 21.9 Å². The van der Waals surface area contributed by atoms with Crippen molar-refractivity contribution in [3.63, 3.8) is 0 Å². The van der Waals surface area contributed by atoms with Gasteiger partial charge in [-0.1, -0.05) is 90.1 Å². The number of hydrogen-bond donors (Lipinski definition) is 0. The van der Waals surface area contributed by atoms with Crippen LogP contribution in [0.4, 0.5) is 5.69 Å². The van der Waals surface area contributed by atoms with Crippen LogP contribution in [-0.4, -0.2) is 28.2 Å². The van der Waals surface area contributed by atoms with Crippen molar-refractivity contribution in [3.05, 3.63) is 101 Å². The molecule has 1 atom stereocenters. The van der Waals surface area contributed by atoms with E-state index in [4.69, 9.17) is 26.1 Å². The van der Waals surface area contributed by atoms with Gasteiger partial charge in [-0.25, -0.2) is 0 Å². The van der Waals surface area contributed by atoms with Crippen LogP contribution in [-0.2, 0) is 10.5 Å². The molecule has 4 aromatic carbocycles. The lowest BCUT2D eigenvalue weighted by Gasteiger charge is -2.31. The third-order valence-electron chi connectivity index (χ3n) is 6.56. The van der Waals surface area contributed by atoms with Gasteiger partial charge in [0, 0.05) is 23.3 Å². The number of para-hydroxylation sites is 1. The summed E-state index contributed by atoms with van der Waals surface area (Å²) in [4.78, 5) is 19.7. The minimum absolute atomic E-state index is 0.198. The molecule has 1 aliphatic rings. The second kappa shape index (κ2) is 10.6. The van der Waals surface area contributed by atoms with Gasteiger partial charge in [0.1, 0.15) is 5.75 Å². The van der Waals surface area contributed by atoms with E-state index in [-0.39, 0.29) is 11.8 Å². The quantitative estimate of drug-likeness (QED) is 0.215. The van der Waals surface area contributed by atoms with Crippen molar-refractivity contribution in [1.29, 1.82) is 0 Å². The van der Waals surface area contributed by atoms with E-state index in [0.29, 0.717) is 38.6 Å². The van der Waals surface area contributed by atoms with Crippen molar-refractivity contribution in [2.24, 2.45) is 0 Å². The van der Waals surface area contributed by atoms with Gasteiger partial charge in [-0.3, -0.25) is 9.69 Å². The van der Waals surface area contributed by atoms with Gasteiger partial charge < -0.3 is 9.47 Å². The summed E-state index contributed by atoms with van der Waals surface area (Å²) in [6, 6.07) is 27.0. The minimum Gasteiger partial charge on any atom is -0.496 e. The molecule has 0 saturated carbocycles. The number of carbonyl (C=O) groups is 1. The second-order valence-electron chi connectivity index (χ2n) is 8.91. The molecular formula is C30H23ClN4O3S. The zero-order chi connectivity index (χ0) is 26.9. The van der Waals surface area contributed by atoms with Gasteiger partial charge in [-0.15, -0.1) is 10.2 Å². The third-order valence-corrected chi connectivity index (χ3v) is 7.82. The number of hydrogen-bond acceptors (Lipinski definition) is 7. The summed E-state index contributed by atoms with van der Waals surface area (Å²) in [6.07, 6.45) is -0.871. The maximum Gasteiger partial charge on any atom is 0.247 e. The number of benzene rings is 4. The fraction of sp³-hybridized carbons (Fsp3) is 0.133. The Morgan fingerprint density at radius 2 is 1.77 bits per heavy atom. The summed E-state index contributed by atoms with van der Waals surface area (Å²) < 4.78 is 12.4. The molecule has 1 aliphatic heterocycles. The Kier molecular flexibility index (Phi) is 6.81. The van der Waals surface area contributed by atoms with Crippen LogP contribution >= 0.6 is 23.4 Å². The van der Waals surface area contributed by atoms with Crippen molar-refractivity contribution >= 4 is 45.7 Å². The standard InChI is InChI=1S/C30H23ClN4O3S/c1-18(36)35-24-14-8-6-12-22(24)27-28(32-30(34-33-27)39-17-20-10-4-7-13-23(20)31)38-29(35)26-21-11-5-3-9-19(21)15-16-25(26)37-2/h3-16,29H,17H2,1-2H3/t29-/m1/s1. The van der Waals surface area contributed by atoms with Crippen LogP contribution in [0.5, 0.6) is 11.6 Å². The largest absolute Gasteiger partial charge is 0.496 e. The molecule has 0 fully saturated rings. The number of methoxy groups -OCH3 is 1. The number of thioether (sulfide) groups is 1. The SMILES string of the molecule is COc1ccc2ccccc2c1[C@H]1Oc2nc(SCc3ccccc3Cl)nnc2-c2ccccc2N1C(C)=O. The number of halogens is 1. The number of nitrogens with zero attached hydrogens (tertiary/aromatic N) is 4. The maximum absolute atomic E-state index is 13.3. The average Bonchev–Trinajstić information content (AvgIpc) is 3.10. The number of aromatic nitrogens is 3. The van der Waals surface area contributed by atoms with Crippen LogP contribution in [0.3, 0.4) is 0 Å². The monoisotopic (exact) mass is 554 g/mol. The molecule has 0 bridgehead atoms. The summed E-state index contributed by atoms with van der Waals surface area (Å²) >= 11 is 7.76. The average molecular weight is 555 g/mol. The van der Waals surface area contributed by atoms with Gasteiger partial charge in [-0.2, -0.15) is 4.98 Å². The Balaban J connectivity index is 1.51. The van der Waals surface area contributed by atoms with Crippen LogP contribution in [0, 0.1) is 0 Å². The molecular weight excluding hydrogens is 532 g/mol. The summed E-state index contributed by atoms with van der Waals surface area (Å²) in [7, 11) is 1.61. The summed E-state index contributed by atoms with van der Waals surface area (Å²) in [5, 5.41) is 11.9. The Bertz CT molecular complexity index is 1710. The van der Waals surface area contributed by atoms with E-state index in [2.05, 4.69) is 10.2 Å². The molecule has 0 N–H and O–H groups in total. The Morgan fingerprint density at radius 3 is 2.59 bits per heavy atom. The van der Waals surface area contributed by atoms with E-state index >= 15 is 0 Å². The lowest BCUT2D eigenvalue weighted by molar-refractivity contribution is -0.118. The molecule has 194 valence electrons. The number of ether oxygens (including phenoxy) is 2. The number of fused-ring (bicyclic) bond motifs is 4. The van der Waals surface area contributed by atoms with Crippen LogP contribution in [0.1, 0.15) is 24.3 Å². The fourth-order valence-corrected chi connectivity index (χ4v) is 5.83. The van der Waals surface area contributed by atoms with Gasteiger partial charge in [0.25, 0.3) is 0 Å². The zero-order valence-electron chi connectivity index (χ0n) is 21.2. The molecule has 5 aromatic rings. The molecule has 0 spiro atoms.